The van der Waals surface area contributed by atoms with Gasteiger partial charge in [0.25, 0.3) is 0 Å². The Morgan fingerprint density at radius 2 is 1.74 bits per heavy atom. The molecule has 0 aliphatic heterocycles. The average molecular weight is 407 g/mol. The Bertz CT molecular complexity index is 555. The molecule has 3 N–H and O–H groups in total. The molecule has 5 heteroatoms. The Balaban J connectivity index is 2.29. The number of nitrogens with two attached hydrogens (primary N) is 1. The van der Waals surface area contributed by atoms with Crippen molar-refractivity contribution < 1.29 is 0 Å². The summed E-state index contributed by atoms with van der Waals surface area (Å²) in [6.07, 6.45) is 0.648. The van der Waals surface area contributed by atoms with E-state index in [4.69, 9.17) is 29.0 Å². The van der Waals surface area contributed by atoms with Crippen molar-refractivity contribution in [1.29, 1.82) is 0 Å². The van der Waals surface area contributed by atoms with E-state index in [-0.39, 0.29) is 6.04 Å². The van der Waals surface area contributed by atoms with Crippen molar-refractivity contribution in [2.24, 2.45) is 5.84 Å². The second-order valence-corrected chi connectivity index (χ2v) is 6.24. The van der Waals surface area contributed by atoms with E-state index in [0.29, 0.717) is 16.5 Å². The summed E-state index contributed by atoms with van der Waals surface area (Å²) in [5.41, 5.74) is 4.85. The molecule has 2 aromatic rings. The van der Waals surface area contributed by atoms with E-state index < -0.39 is 0 Å². The minimum absolute atomic E-state index is 0.0212. The predicted molar refractivity (Wildman–Crippen MR) is 89.4 cm³/mol. The number of rotatable bonds is 4. The third-order valence-corrected chi connectivity index (χ3v) is 4.30. The molecule has 0 saturated carbocycles. The molecule has 0 heterocycles. The van der Waals surface area contributed by atoms with Crippen LogP contribution in [0.5, 0.6) is 0 Å². The molecule has 2 rings (SSSR count). The van der Waals surface area contributed by atoms with Gasteiger partial charge in [0.1, 0.15) is 0 Å². The van der Waals surface area contributed by atoms with Crippen molar-refractivity contribution in [1.82, 2.24) is 5.43 Å². The van der Waals surface area contributed by atoms with Crippen molar-refractivity contribution in [2.75, 3.05) is 0 Å². The van der Waals surface area contributed by atoms with Gasteiger partial charge in [-0.15, -0.1) is 0 Å². The molecule has 0 fully saturated rings. The van der Waals surface area contributed by atoms with Gasteiger partial charge in [-0.1, -0.05) is 41.4 Å². The van der Waals surface area contributed by atoms with E-state index in [9.17, 15) is 0 Å². The van der Waals surface area contributed by atoms with Gasteiger partial charge in [-0.3, -0.25) is 11.3 Å². The zero-order valence-corrected chi connectivity index (χ0v) is 13.7. The monoisotopic (exact) mass is 406 g/mol. The molecule has 0 radical (unpaired) electrons. The van der Waals surface area contributed by atoms with Crippen molar-refractivity contribution in [3.05, 3.63) is 67.2 Å². The molecule has 0 amide bonds. The summed E-state index contributed by atoms with van der Waals surface area (Å²) < 4.78 is 1.17. The molecule has 0 saturated heterocycles. The molecule has 100 valence electrons. The van der Waals surface area contributed by atoms with Crippen molar-refractivity contribution in [3.8, 4) is 0 Å². The smallest absolute Gasteiger partial charge is 0.0501 e. The Hall–Kier alpha value is -0.330. The first kappa shape index (κ1) is 15.1. The Kier molecular flexibility index (Phi) is 5.47. The first-order valence-corrected chi connectivity index (χ1v) is 7.59. The van der Waals surface area contributed by atoms with Gasteiger partial charge < -0.3 is 0 Å². The molecule has 2 aromatic carbocycles. The number of hydrogen-bond acceptors (Lipinski definition) is 2. The van der Waals surface area contributed by atoms with Crippen LogP contribution >= 0.6 is 45.8 Å². The van der Waals surface area contributed by atoms with Crippen LogP contribution in [0.1, 0.15) is 17.2 Å². The Morgan fingerprint density at radius 1 is 1.11 bits per heavy atom. The second-order valence-electron chi connectivity index (χ2n) is 4.18. The first-order chi connectivity index (χ1) is 9.11. The number of halogens is 3. The van der Waals surface area contributed by atoms with Gasteiger partial charge in [0, 0.05) is 13.6 Å². The topological polar surface area (TPSA) is 38.0 Å². The highest BCUT2D eigenvalue weighted by atomic mass is 127. The summed E-state index contributed by atoms with van der Waals surface area (Å²) in [4.78, 5) is 0. The van der Waals surface area contributed by atoms with Crippen LogP contribution in [0.25, 0.3) is 0 Å². The summed E-state index contributed by atoms with van der Waals surface area (Å²) in [7, 11) is 0. The van der Waals surface area contributed by atoms with Gasteiger partial charge in [-0.05, 0) is 64.4 Å². The van der Waals surface area contributed by atoms with Gasteiger partial charge in [0.2, 0.25) is 0 Å². The van der Waals surface area contributed by atoms with E-state index in [1.54, 1.807) is 0 Å². The van der Waals surface area contributed by atoms with Gasteiger partial charge in [-0.25, -0.2) is 0 Å². The molecular weight excluding hydrogens is 394 g/mol. The lowest BCUT2D eigenvalue weighted by Crippen LogP contribution is -2.29. The van der Waals surface area contributed by atoms with Crippen LogP contribution in [0.15, 0.2) is 42.5 Å². The van der Waals surface area contributed by atoms with Gasteiger partial charge in [0.15, 0.2) is 0 Å². The Labute approximate surface area is 136 Å². The van der Waals surface area contributed by atoms with Gasteiger partial charge in [-0.2, -0.15) is 0 Å². The third kappa shape index (κ3) is 3.83. The molecular formula is C14H13Cl2IN2. The van der Waals surface area contributed by atoms with Crippen molar-refractivity contribution in [2.45, 2.75) is 12.5 Å². The van der Waals surface area contributed by atoms with Crippen LogP contribution in [0.4, 0.5) is 0 Å². The van der Waals surface area contributed by atoms with E-state index >= 15 is 0 Å². The standard InChI is InChI=1S/C14H13Cl2IN2/c15-12-5-2-6-13(16)11(12)8-14(19-18)9-3-1-4-10(17)7-9/h1-7,14,19H,8,18H2. The predicted octanol–water partition coefficient (Wildman–Crippen LogP) is 4.35. The van der Waals surface area contributed by atoms with Gasteiger partial charge in [0.05, 0.1) is 6.04 Å². The maximum absolute atomic E-state index is 6.19. The molecule has 19 heavy (non-hydrogen) atoms. The lowest BCUT2D eigenvalue weighted by molar-refractivity contribution is 0.552. The number of hydrazine groups is 1. The van der Waals surface area contributed by atoms with Crippen LogP contribution in [0.3, 0.4) is 0 Å². The Morgan fingerprint density at radius 3 is 2.32 bits per heavy atom. The quantitative estimate of drug-likeness (QED) is 0.450. The fourth-order valence-corrected chi connectivity index (χ4v) is 3.05. The minimum Gasteiger partial charge on any atom is -0.271 e. The highest BCUT2D eigenvalue weighted by Gasteiger charge is 2.15. The molecule has 0 bridgehead atoms. The first-order valence-electron chi connectivity index (χ1n) is 5.76. The molecule has 1 unspecified atom stereocenters. The summed E-state index contributed by atoms with van der Waals surface area (Å²) in [5, 5.41) is 1.33. The van der Waals surface area contributed by atoms with E-state index in [1.165, 1.54) is 3.57 Å². The van der Waals surface area contributed by atoms with Crippen molar-refractivity contribution >= 4 is 45.8 Å². The average Bonchev–Trinajstić information content (AvgIpc) is 2.38. The highest BCUT2D eigenvalue weighted by Crippen LogP contribution is 2.29. The molecule has 1 atom stereocenters. The molecule has 2 nitrogen and oxygen atoms in total. The molecule has 0 aliphatic rings. The zero-order valence-electron chi connectivity index (χ0n) is 10.0. The summed E-state index contributed by atoms with van der Waals surface area (Å²) in [6.45, 7) is 0. The van der Waals surface area contributed by atoms with E-state index in [2.05, 4.69) is 34.1 Å². The molecule has 0 aromatic heterocycles. The number of hydrogen-bond donors (Lipinski definition) is 2. The second kappa shape index (κ2) is 6.90. The van der Waals surface area contributed by atoms with Crippen LogP contribution in [-0.4, -0.2) is 0 Å². The fraction of sp³-hybridized carbons (Fsp3) is 0.143. The van der Waals surface area contributed by atoms with E-state index in [0.717, 1.165) is 11.1 Å². The maximum Gasteiger partial charge on any atom is 0.0501 e. The minimum atomic E-state index is -0.0212. The summed E-state index contributed by atoms with van der Waals surface area (Å²) >= 11 is 14.7. The SMILES string of the molecule is NNC(Cc1c(Cl)cccc1Cl)c1cccc(I)c1. The lowest BCUT2D eigenvalue weighted by Gasteiger charge is -2.18. The number of nitrogens with one attached hydrogen (secondary N) is 1. The zero-order chi connectivity index (χ0) is 13.8. The number of benzene rings is 2. The van der Waals surface area contributed by atoms with Crippen LogP contribution < -0.4 is 11.3 Å². The summed E-state index contributed by atoms with van der Waals surface area (Å²) in [5.74, 6) is 5.66. The largest absolute Gasteiger partial charge is 0.271 e. The maximum atomic E-state index is 6.19. The van der Waals surface area contributed by atoms with Crippen molar-refractivity contribution in [3.63, 3.8) is 0 Å². The van der Waals surface area contributed by atoms with E-state index in [1.807, 2.05) is 36.4 Å². The lowest BCUT2D eigenvalue weighted by atomic mass is 9.99. The van der Waals surface area contributed by atoms with Crippen LogP contribution in [0, 0.1) is 3.57 Å². The molecule has 0 spiro atoms. The molecule has 0 aliphatic carbocycles. The fourth-order valence-electron chi connectivity index (χ4n) is 1.93. The van der Waals surface area contributed by atoms with Gasteiger partial charge >= 0.3 is 0 Å². The van der Waals surface area contributed by atoms with Crippen LogP contribution in [-0.2, 0) is 6.42 Å². The normalized spacial score (nSPS) is 12.4. The summed E-state index contributed by atoms with van der Waals surface area (Å²) in [6, 6.07) is 13.7. The van der Waals surface area contributed by atoms with Crippen LogP contribution in [0.2, 0.25) is 10.0 Å². The highest BCUT2D eigenvalue weighted by molar-refractivity contribution is 14.1. The third-order valence-electron chi connectivity index (χ3n) is 2.92.